The third kappa shape index (κ3) is 4.46. The van der Waals surface area contributed by atoms with E-state index in [1.165, 1.54) is 7.11 Å². The Kier molecular flexibility index (Phi) is 7.27. The summed E-state index contributed by atoms with van der Waals surface area (Å²) >= 11 is 9.53. The van der Waals surface area contributed by atoms with Gasteiger partial charge in [-0.05, 0) is 13.5 Å². The molecule has 6 heteroatoms. The lowest BCUT2D eigenvalue weighted by Gasteiger charge is -2.15. The van der Waals surface area contributed by atoms with E-state index in [1.54, 1.807) is 0 Å². The number of carbonyl (C=O) groups excluding carboxylic acids is 1. The Morgan fingerprint density at radius 3 is 2.43 bits per heavy atom. The van der Waals surface area contributed by atoms with Crippen LogP contribution in [0.2, 0.25) is 0 Å². The van der Waals surface area contributed by atoms with Gasteiger partial charge in [-0.1, -0.05) is 0 Å². The molecule has 2 atom stereocenters. The van der Waals surface area contributed by atoms with Crippen LogP contribution < -0.4 is 5.73 Å². The Bertz CT molecular complexity index is 181. The number of rotatable bonds is 1. The number of alkyl halides is 2. The van der Waals surface area contributed by atoms with Crippen LogP contribution in [0.15, 0.2) is 0 Å². The molecule has 1 saturated heterocycles. The fraction of sp³-hybridized carbons (Fsp3) is 0.875. The van der Waals surface area contributed by atoms with Crippen LogP contribution in [0, 0.1) is 0 Å². The number of likely N-dealkylation sites (tertiary alicyclic amines) is 1. The Morgan fingerprint density at radius 1 is 1.64 bits per heavy atom. The number of likely N-dealkylation sites (N-methyl/N-ethyl adjacent to an activating group) is 1. The molecule has 0 aromatic heterocycles. The van der Waals surface area contributed by atoms with Crippen molar-refractivity contribution in [3.05, 3.63) is 0 Å². The number of hydrogen-bond donors (Lipinski definition) is 1. The molecule has 1 heterocycles. The summed E-state index contributed by atoms with van der Waals surface area (Å²) in [5.74, 6) is -0.180. The van der Waals surface area contributed by atoms with E-state index in [1.807, 2.05) is 11.9 Å². The minimum atomic E-state index is -0.180. The number of halogens is 2. The highest BCUT2D eigenvalue weighted by Crippen LogP contribution is 2.14. The Labute approximate surface area is 94.3 Å². The van der Waals surface area contributed by atoms with Gasteiger partial charge in [0.1, 0.15) is 6.04 Å². The molecule has 0 amide bonds. The summed E-state index contributed by atoms with van der Waals surface area (Å²) in [4.78, 5) is 13.0. The number of carbonyl (C=O) groups is 1. The van der Waals surface area contributed by atoms with Crippen LogP contribution in [0.3, 0.4) is 0 Å². The summed E-state index contributed by atoms with van der Waals surface area (Å²) in [5.41, 5.74) is 5.66. The number of nitrogens with two attached hydrogens (primary N) is 1. The summed E-state index contributed by atoms with van der Waals surface area (Å²) in [5, 5.41) is 0.194. The summed E-state index contributed by atoms with van der Waals surface area (Å²) in [7, 11) is 3.29. The highest BCUT2D eigenvalue weighted by molar-refractivity contribution is 6.40. The first kappa shape index (κ1) is 14.0. The average Bonchev–Trinajstić information content (AvgIpc) is 2.45. The minimum Gasteiger partial charge on any atom is -0.468 e. The molecule has 0 saturated carbocycles. The predicted octanol–water partition coefficient (Wildman–Crippen LogP) is 0.612. The monoisotopic (exact) mass is 242 g/mol. The molecule has 0 spiro atoms. The zero-order valence-corrected chi connectivity index (χ0v) is 9.88. The van der Waals surface area contributed by atoms with Gasteiger partial charge in [-0.2, -0.15) is 0 Å². The van der Waals surface area contributed by atoms with Crippen LogP contribution in [-0.2, 0) is 9.53 Å². The van der Waals surface area contributed by atoms with Crippen molar-refractivity contribution in [1.82, 2.24) is 4.90 Å². The zero-order chi connectivity index (χ0) is 11.1. The van der Waals surface area contributed by atoms with Crippen LogP contribution >= 0.6 is 23.2 Å². The van der Waals surface area contributed by atoms with E-state index in [0.29, 0.717) is 6.42 Å². The van der Waals surface area contributed by atoms with Gasteiger partial charge < -0.3 is 10.5 Å². The third-order valence-corrected chi connectivity index (χ3v) is 2.05. The maximum atomic E-state index is 11.1. The maximum absolute atomic E-state index is 11.1. The lowest BCUT2D eigenvalue weighted by molar-refractivity contribution is -0.145. The molecule has 84 valence electrons. The first-order valence-corrected chi connectivity index (χ1v) is 5.29. The highest BCUT2D eigenvalue weighted by Gasteiger charge is 2.32. The van der Waals surface area contributed by atoms with E-state index in [-0.39, 0.29) is 23.4 Å². The van der Waals surface area contributed by atoms with Crippen LogP contribution in [-0.4, -0.2) is 49.0 Å². The molecule has 0 aromatic rings. The molecule has 0 bridgehead atoms. The Morgan fingerprint density at radius 2 is 2.14 bits per heavy atom. The number of esters is 1. The molecule has 0 radical (unpaired) electrons. The average molecular weight is 243 g/mol. The molecule has 0 aliphatic carbocycles. The lowest BCUT2D eigenvalue weighted by Crippen LogP contribution is -2.33. The molecule has 2 unspecified atom stereocenters. The molecule has 1 fully saturated rings. The van der Waals surface area contributed by atoms with Gasteiger partial charge >= 0.3 is 5.97 Å². The molecule has 14 heavy (non-hydrogen) atoms. The molecular weight excluding hydrogens is 227 g/mol. The standard InChI is InChI=1S/C7H14N2O2.CH2Cl2/c1-9-4-5(8)3-6(9)7(10)11-2;2-1-3/h5-6H,3-4,8H2,1-2H3;1H2. The molecule has 0 aromatic carbocycles. The first-order chi connectivity index (χ1) is 6.56. The molecule has 4 nitrogen and oxygen atoms in total. The summed E-state index contributed by atoms with van der Waals surface area (Å²) in [6.45, 7) is 0.778. The van der Waals surface area contributed by atoms with Gasteiger partial charge in [-0.25, -0.2) is 0 Å². The van der Waals surface area contributed by atoms with E-state index in [4.69, 9.17) is 28.9 Å². The van der Waals surface area contributed by atoms with Gasteiger partial charge in [-0.3, -0.25) is 9.69 Å². The lowest BCUT2D eigenvalue weighted by atomic mass is 10.2. The number of hydrogen-bond acceptors (Lipinski definition) is 4. The van der Waals surface area contributed by atoms with E-state index in [9.17, 15) is 4.79 Å². The molecule has 1 aliphatic heterocycles. The normalized spacial score (nSPS) is 26.6. The summed E-state index contributed by atoms with van der Waals surface area (Å²) in [6, 6.07) is -0.0147. The van der Waals surface area contributed by atoms with Crippen LogP contribution in [0.4, 0.5) is 0 Å². The van der Waals surface area contributed by atoms with Crippen molar-refractivity contribution in [2.45, 2.75) is 18.5 Å². The predicted molar refractivity (Wildman–Crippen MR) is 57.6 cm³/mol. The van der Waals surface area contributed by atoms with Crippen molar-refractivity contribution in [3.8, 4) is 0 Å². The number of nitrogens with zero attached hydrogens (tertiary/aromatic N) is 1. The second-order valence-corrected chi connectivity index (χ2v) is 3.88. The van der Waals surface area contributed by atoms with Crippen molar-refractivity contribution in [2.75, 3.05) is 26.0 Å². The quantitative estimate of drug-likeness (QED) is 0.541. The zero-order valence-electron chi connectivity index (χ0n) is 8.37. The van der Waals surface area contributed by atoms with E-state index in [2.05, 4.69) is 4.74 Å². The summed E-state index contributed by atoms with van der Waals surface area (Å²) < 4.78 is 4.62. The summed E-state index contributed by atoms with van der Waals surface area (Å²) in [6.07, 6.45) is 0.711. The van der Waals surface area contributed by atoms with E-state index >= 15 is 0 Å². The first-order valence-electron chi connectivity index (χ1n) is 4.22. The van der Waals surface area contributed by atoms with Crippen molar-refractivity contribution >= 4 is 29.2 Å². The molecule has 2 N–H and O–H groups in total. The van der Waals surface area contributed by atoms with Crippen molar-refractivity contribution < 1.29 is 9.53 Å². The third-order valence-electron chi connectivity index (χ3n) is 2.05. The van der Waals surface area contributed by atoms with Crippen LogP contribution in [0.25, 0.3) is 0 Å². The highest BCUT2D eigenvalue weighted by atomic mass is 35.5. The van der Waals surface area contributed by atoms with Crippen molar-refractivity contribution in [3.63, 3.8) is 0 Å². The topological polar surface area (TPSA) is 55.6 Å². The fourth-order valence-electron chi connectivity index (χ4n) is 1.45. The van der Waals surface area contributed by atoms with Crippen LogP contribution in [0.1, 0.15) is 6.42 Å². The van der Waals surface area contributed by atoms with Crippen molar-refractivity contribution in [2.24, 2.45) is 5.73 Å². The van der Waals surface area contributed by atoms with Gasteiger partial charge in [0.25, 0.3) is 0 Å². The van der Waals surface area contributed by atoms with Gasteiger partial charge in [0.05, 0.1) is 12.4 Å². The second-order valence-electron chi connectivity index (χ2n) is 3.08. The van der Waals surface area contributed by atoms with E-state index in [0.717, 1.165) is 6.54 Å². The minimum absolute atomic E-state index is 0.115. The van der Waals surface area contributed by atoms with Gasteiger partial charge in [-0.15, -0.1) is 23.2 Å². The molecular formula is C8H16Cl2N2O2. The van der Waals surface area contributed by atoms with Crippen LogP contribution in [0.5, 0.6) is 0 Å². The fourth-order valence-corrected chi connectivity index (χ4v) is 1.45. The smallest absolute Gasteiger partial charge is 0.323 e. The molecule has 1 aliphatic rings. The van der Waals surface area contributed by atoms with E-state index < -0.39 is 0 Å². The number of methoxy groups -OCH3 is 1. The largest absolute Gasteiger partial charge is 0.468 e. The van der Waals surface area contributed by atoms with Gasteiger partial charge in [0.15, 0.2) is 0 Å². The van der Waals surface area contributed by atoms with Gasteiger partial charge in [0.2, 0.25) is 0 Å². The number of ether oxygens (including phenoxy) is 1. The second kappa shape index (κ2) is 7.29. The maximum Gasteiger partial charge on any atom is 0.323 e. The SMILES string of the molecule is COC(=O)C1CC(N)CN1C.ClCCl. The molecule has 1 rings (SSSR count). The Hall–Kier alpha value is -0.0300. The van der Waals surface area contributed by atoms with Crippen molar-refractivity contribution in [1.29, 1.82) is 0 Å². The Balaban J connectivity index is 0.000000500. The van der Waals surface area contributed by atoms with Gasteiger partial charge in [0, 0.05) is 12.6 Å².